The zero-order valence-electron chi connectivity index (χ0n) is 13.3. The fourth-order valence-corrected chi connectivity index (χ4v) is 3.14. The van der Waals surface area contributed by atoms with Crippen LogP contribution in [0.4, 0.5) is 5.69 Å². The van der Waals surface area contributed by atoms with Gasteiger partial charge in [0.1, 0.15) is 25.0 Å². The Morgan fingerprint density at radius 2 is 1.79 bits per heavy atom. The molecule has 6 heteroatoms. The van der Waals surface area contributed by atoms with Crippen molar-refractivity contribution in [3.05, 3.63) is 48.0 Å². The van der Waals surface area contributed by atoms with E-state index in [0.29, 0.717) is 24.7 Å². The molecule has 1 fully saturated rings. The Balaban J connectivity index is 1.66. The first kappa shape index (κ1) is 14.8. The minimum absolute atomic E-state index is 0.104. The molecule has 0 unspecified atom stereocenters. The summed E-state index contributed by atoms with van der Waals surface area (Å²) in [6.07, 6.45) is 0. The lowest BCUT2D eigenvalue weighted by atomic mass is 9.88. The smallest absolute Gasteiger partial charge is 0.247 e. The van der Waals surface area contributed by atoms with Crippen molar-refractivity contribution < 1.29 is 19.0 Å². The van der Waals surface area contributed by atoms with Gasteiger partial charge in [-0.05, 0) is 29.8 Å². The molecule has 2 aliphatic heterocycles. The first-order valence-electron chi connectivity index (χ1n) is 7.81. The van der Waals surface area contributed by atoms with Gasteiger partial charge in [0.2, 0.25) is 5.91 Å². The Morgan fingerprint density at radius 3 is 2.50 bits per heavy atom. The average molecular weight is 326 g/mol. The van der Waals surface area contributed by atoms with E-state index in [4.69, 9.17) is 19.9 Å². The quantitative estimate of drug-likeness (QED) is 0.872. The van der Waals surface area contributed by atoms with E-state index < -0.39 is 6.04 Å². The molecule has 2 N–H and O–H groups in total. The summed E-state index contributed by atoms with van der Waals surface area (Å²) in [6.45, 7) is 1.04. The third-order valence-corrected chi connectivity index (χ3v) is 4.40. The van der Waals surface area contributed by atoms with Gasteiger partial charge in [-0.25, -0.2) is 0 Å². The maximum atomic E-state index is 12.3. The number of anilines is 1. The Morgan fingerprint density at radius 1 is 1.08 bits per heavy atom. The molecule has 0 aromatic heterocycles. The molecule has 2 aromatic carbocycles. The molecular formula is C18H18N2O4. The van der Waals surface area contributed by atoms with Crippen molar-refractivity contribution in [2.45, 2.75) is 12.1 Å². The maximum absolute atomic E-state index is 12.3. The molecule has 1 saturated heterocycles. The molecule has 0 spiro atoms. The van der Waals surface area contributed by atoms with Gasteiger partial charge < -0.3 is 24.8 Å². The van der Waals surface area contributed by atoms with E-state index in [1.165, 1.54) is 0 Å². The molecule has 24 heavy (non-hydrogen) atoms. The number of hydrogen-bond donors (Lipinski definition) is 1. The van der Waals surface area contributed by atoms with Crippen LogP contribution in [0.15, 0.2) is 42.5 Å². The highest BCUT2D eigenvalue weighted by molar-refractivity contribution is 6.05. The molecule has 124 valence electrons. The van der Waals surface area contributed by atoms with Crippen molar-refractivity contribution in [2.24, 2.45) is 5.73 Å². The van der Waals surface area contributed by atoms with Crippen LogP contribution in [-0.4, -0.2) is 32.3 Å². The number of carbonyl (C=O) groups excluding carboxylic acids is 1. The van der Waals surface area contributed by atoms with Crippen LogP contribution >= 0.6 is 0 Å². The van der Waals surface area contributed by atoms with Crippen LogP contribution in [0.1, 0.15) is 11.6 Å². The summed E-state index contributed by atoms with van der Waals surface area (Å²) in [6, 6.07) is 12.4. The number of carbonyl (C=O) groups is 1. The molecule has 2 atom stereocenters. The van der Waals surface area contributed by atoms with Crippen molar-refractivity contribution in [3.8, 4) is 17.2 Å². The minimum atomic E-state index is -0.549. The predicted molar refractivity (Wildman–Crippen MR) is 88.6 cm³/mol. The number of nitrogens with zero attached hydrogens (tertiary/aromatic N) is 1. The molecule has 6 nitrogen and oxygen atoms in total. The molecule has 1 amide bonds. The average Bonchev–Trinajstić information content (AvgIpc) is 2.65. The van der Waals surface area contributed by atoms with Gasteiger partial charge in [0.25, 0.3) is 0 Å². The zero-order chi connectivity index (χ0) is 16.7. The second-order valence-corrected chi connectivity index (χ2v) is 5.78. The van der Waals surface area contributed by atoms with Gasteiger partial charge >= 0.3 is 0 Å². The number of amides is 1. The van der Waals surface area contributed by atoms with Gasteiger partial charge in [0, 0.05) is 11.8 Å². The summed E-state index contributed by atoms with van der Waals surface area (Å²) >= 11 is 0. The fourth-order valence-electron chi connectivity index (χ4n) is 3.14. The van der Waals surface area contributed by atoms with Crippen molar-refractivity contribution in [1.82, 2.24) is 0 Å². The van der Waals surface area contributed by atoms with E-state index in [9.17, 15) is 4.79 Å². The van der Waals surface area contributed by atoms with Gasteiger partial charge in [0.15, 0.2) is 11.5 Å². The van der Waals surface area contributed by atoms with E-state index in [1.807, 2.05) is 42.5 Å². The first-order chi connectivity index (χ1) is 11.7. The van der Waals surface area contributed by atoms with E-state index in [2.05, 4.69) is 0 Å². The van der Waals surface area contributed by atoms with Gasteiger partial charge in [-0.3, -0.25) is 4.79 Å². The fraction of sp³-hybridized carbons (Fsp3) is 0.278. The Hall–Kier alpha value is -2.73. The number of methoxy groups -OCH3 is 1. The third-order valence-electron chi connectivity index (χ3n) is 4.40. The van der Waals surface area contributed by atoms with Crippen LogP contribution in [0.5, 0.6) is 17.2 Å². The number of β-lactam (4-membered cyclic amide) rings is 1. The summed E-state index contributed by atoms with van der Waals surface area (Å²) in [5, 5.41) is 0. The molecule has 0 saturated carbocycles. The number of rotatable bonds is 3. The summed E-state index contributed by atoms with van der Waals surface area (Å²) in [4.78, 5) is 14.0. The molecule has 2 aliphatic rings. The normalized spacial score (nSPS) is 22.1. The van der Waals surface area contributed by atoms with Crippen LogP contribution in [-0.2, 0) is 4.79 Å². The topological polar surface area (TPSA) is 74.0 Å². The largest absolute Gasteiger partial charge is 0.497 e. The third kappa shape index (κ3) is 2.27. The molecule has 0 radical (unpaired) electrons. The highest BCUT2D eigenvalue weighted by Crippen LogP contribution is 2.42. The first-order valence-corrected chi connectivity index (χ1v) is 7.81. The zero-order valence-corrected chi connectivity index (χ0v) is 13.3. The molecule has 0 bridgehead atoms. The van der Waals surface area contributed by atoms with Crippen molar-refractivity contribution in [2.75, 3.05) is 25.2 Å². The maximum Gasteiger partial charge on any atom is 0.247 e. The van der Waals surface area contributed by atoms with Gasteiger partial charge in [0.05, 0.1) is 13.2 Å². The van der Waals surface area contributed by atoms with E-state index >= 15 is 0 Å². The van der Waals surface area contributed by atoms with Crippen molar-refractivity contribution in [1.29, 1.82) is 0 Å². The summed E-state index contributed by atoms with van der Waals surface area (Å²) in [5.41, 5.74) is 7.78. The second kappa shape index (κ2) is 5.72. The Kier molecular flexibility index (Phi) is 3.54. The molecule has 0 aliphatic carbocycles. The number of hydrogen-bond acceptors (Lipinski definition) is 5. The molecular weight excluding hydrogens is 308 g/mol. The van der Waals surface area contributed by atoms with Gasteiger partial charge in [-0.1, -0.05) is 12.1 Å². The van der Waals surface area contributed by atoms with Crippen LogP contribution in [0.2, 0.25) is 0 Å². The van der Waals surface area contributed by atoms with E-state index in [0.717, 1.165) is 17.0 Å². The summed E-state index contributed by atoms with van der Waals surface area (Å²) in [5.74, 6) is 2.01. The van der Waals surface area contributed by atoms with Gasteiger partial charge in [-0.2, -0.15) is 0 Å². The lowest BCUT2D eigenvalue weighted by Crippen LogP contribution is -2.63. The second-order valence-electron chi connectivity index (χ2n) is 5.78. The Labute approximate surface area is 139 Å². The lowest BCUT2D eigenvalue weighted by Gasteiger charge is -2.45. The summed E-state index contributed by atoms with van der Waals surface area (Å²) < 4.78 is 16.3. The standard InChI is InChI=1S/C18H18N2O4/c1-22-13-5-2-11(3-6-13)17-16(19)18(21)20(17)12-4-7-14-15(10-12)24-9-8-23-14/h2-7,10,16-17H,8-9,19H2,1H3/t16-,17-/m1/s1. The minimum Gasteiger partial charge on any atom is -0.497 e. The molecule has 2 heterocycles. The molecule has 2 aromatic rings. The number of benzene rings is 2. The Bertz CT molecular complexity index is 775. The lowest BCUT2D eigenvalue weighted by molar-refractivity contribution is -0.126. The van der Waals surface area contributed by atoms with Crippen molar-refractivity contribution >= 4 is 11.6 Å². The number of nitrogens with two attached hydrogens (primary N) is 1. The predicted octanol–water partition coefficient (Wildman–Crippen LogP) is 1.88. The van der Waals surface area contributed by atoms with E-state index in [1.54, 1.807) is 12.0 Å². The van der Waals surface area contributed by atoms with Crippen LogP contribution in [0, 0.1) is 0 Å². The van der Waals surface area contributed by atoms with Crippen molar-refractivity contribution in [3.63, 3.8) is 0 Å². The van der Waals surface area contributed by atoms with Crippen LogP contribution < -0.4 is 24.8 Å². The molecule has 4 rings (SSSR count). The monoisotopic (exact) mass is 326 g/mol. The summed E-state index contributed by atoms with van der Waals surface area (Å²) in [7, 11) is 1.62. The highest BCUT2D eigenvalue weighted by Gasteiger charge is 2.46. The number of ether oxygens (including phenoxy) is 3. The van der Waals surface area contributed by atoms with E-state index in [-0.39, 0.29) is 11.9 Å². The van der Waals surface area contributed by atoms with Gasteiger partial charge in [-0.15, -0.1) is 0 Å². The SMILES string of the molecule is COc1ccc([C@@H]2[C@@H](N)C(=O)N2c2ccc3c(c2)OCCO3)cc1. The van der Waals surface area contributed by atoms with Crippen LogP contribution in [0.25, 0.3) is 0 Å². The number of fused-ring (bicyclic) bond motifs is 1. The van der Waals surface area contributed by atoms with Crippen LogP contribution in [0.3, 0.4) is 0 Å². The highest BCUT2D eigenvalue weighted by atomic mass is 16.6.